The molecule has 3 unspecified atom stereocenters. The van der Waals surface area contributed by atoms with Gasteiger partial charge < -0.3 is 15.4 Å². The molecule has 1 aromatic carbocycles. The first-order valence-electron chi connectivity index (χ1n) is 7.23. The second-order valence-electron chi connectivity index (χ2n) is 5.60. The van der Waals surface area contributed by atoms with Crippen LogP contribution in [0.15, 0.2) is 24.3 Å². The van der Waals surface area contributed by atoms with Gasteiger partial charge in [0.25, 0.3) is 0 Å². The van der Waals surface area contributed by atoms with Gasteiger partial charge in [-0.2, -0.15) is 8.78 Å². The van der Waals surface area contributed by atoms with E-state index in [1.807, 2.05) is 0 Å². The molecule has 3 atom stereocenters. The number of carbonyl (C=O) groups excluding carboxylic acids is 1. The minimum atomic E-state index is -2.91. The van der Waals surface area contributed by atoms with Crippen LogP contribution in [-0.4, -0.2) is 25.1 Å². The van der Waals surface area contributed by atoms with E-state index in [1.54, 1.807) is 18.2 Å². The van der Waals surface area contributed by atoms with Crippen LogP contribution in [0.2, 0.25) is 0 Å². The smallest absolute Gasteiger partial charge is 0.387 e. The van der Waals surface area contributed by atoms with Crippen LogP contribution in [0.3, 0.4) is 0 Å². The predicted molar refractivity (Wildman–Crippen MR) is 74.3 cm³/mol. The number of ether oxygens (including phenoxy) is 1. The Bertz CT molecular complexity index is 524. The Morgan fingerprint density at radius 2 is 2.14 bits per heavy atom. The molecule has 6 heteroatoms. The Kier molecular flexibility index (Phi) is 4.05. The minimum absolute atomic E-state index is 0.0122. The zero-order valence-corrected chi connectivity index (χ0v) is 11.5. The van der Waals surface area contributed by atoms with Crippen molar-refractivity contribution in [3.05, 3.63) is 24.3 Å². The number of halogens is 2. The number of hydrogen-bond donors (Lipinski definition) is 2. The summed E-state index contributed by atoms with van der Waals surface area (Å²) in [5.41, 5.74) is 0.283. The van der Waals surface area contributed by atoms with Gasteiger partial charge in [0.1, 0.15) is 5.75 Å². The third-order valence-electron chi connectivity index (χ3n) is 4.39. The van der Waals surface area contributed by atoms with Crippen molar-refractivity contribution in [2.24, 2.45) is 11.8 Å². The fraction of sp³-hybridized carbons (Fsp3) is 0.533. The topological polar surface area (TPSA) is 50.4 Å². The maximum Gasteiger partial charge on any atom is 0.387 e. The van der Waals surface area contributed by atoms with Crippen LogP contribution in [0, 0.1) is 11.8 Å². The van der Waals surface area contributed by atoms with Gasteiger partial charge in [-0.3, -0.25) is 4.79 Å². The van der Waals surface area contributed by atoms with Crippen molar-refractivity contribution in [1.29, 1.82) is 0 Å². The number of para-hydroxylation sites is 2. The molecule has 2 aliphatic rings. The summed E-state index contributed by atoms with van der Waals surface area (Å²) < 4.78 is 29.2. The largest absolute Gasteiger partial charge is 0.433 e. The number of anilines is 1. The lowest BCUT2D eigenvalue weighted by Gasteiger charge is -2.19. The first kappa shape index (κ1) is 14.3. The third-order valence-corrected chi connectivity index (χ3v) is 4.39. The van der Waals surface area contributed by atoms with E-state index in [0.717, 1.165) is 25.8 Å². The molecule has 1 aliphatic heterocycles. The van der Waals surface area contributed by atoms with Crippen molar-refractivity contribution in [2.45, 2.75) is 31.9 Å². The maximum absolute atomic E-state index is 12.4. The molecular weight excluding hydrogens is 278 g/mol. The number of alkyl halides is 2. The summed E-state index contributed by atoms with van der Waals surface area (Å²) in [6, 6.07) is 6.01. The van der Waals surface area contributed by atoms with Gasteiger partial charge in [0.2, 0.25) is 5.91 Å². The average molecular weight is 296 g/mol. The summed E-state index contributed by atoms with van der Waals surface area (Å²) in [5, 5.41) is 5.95. The van der Waals surface area contributed by atoms with Crippen LogP contribution < -0.4 is 15.4 Å². The predicted octanol–water partition coefficient (Wildman–Crippen LogP) is 2.61. The molecule has 1 saturated carbocycles. The Hall–Kier alpha value is -1.69. The summed E-state index contributed by atoms with van der Waals surface area (Å²) in [6.07, 6.45) is 3.36. The van der Waals surface area contributed by atoms with Gasteiger partial charge >= 0.3 is 6.61 Å². The van der Waals surface area contributed by atoms with Crippen LogP contribution >= 0.6 is 0 Å². The second-order valence-corrected chi connectivity index (χ2v) is 5.60. The molecule has 3 rings (SSSR count). The summed E-state index contributed by atoms with van der Waals surface area (Å²) in [5.74, 6) is 0.734. The molecule has 21 heavy (non-hydrogen) atoms. The van der Waals surface area contributed by atoms with Crippen LogP contribution in [0.4, 0.5) is 14.5 Å². The Labute approximate surface area is 121 Å². The van der Waals surface area contributed by atoms with Gasteiger partial charge in [-0.05, 0) is 43.4 Å². The second kappa shape index (κ2) is 5.97. The fourth-order valence-electron chi connectivity index (χ4n) is 3.45. The third kappa shape index (κ3) is 3.00. The van der Waals surface area contributed by atoms with E-state index < -0.39 is 6.61 Å². The monoisotopic (exact) mass is 296 g/mol. The summed E-state index contributed by atoms with van der Waals surface area (Å²) in [7, 11) is 0. The van der Waals surface area contributed by atoms with Crippen LogP contribution in [0.25, 0.3) is 0 Å². The van der Waals surface area contributed by atoms with E-state index in [9.17, 15) is 13.6 Å². The number of fused-ring (bicyclic) bond motifs is 1. The van der Waals surface area contributed by atoms with Gasteiger partial charge in [-0.15, -0.1) is 0 Å². The number of carbonyl (C=O) groups is 1. The van der Waals surface area contributed by atoms with Crippen molar-refractivity contribution < 1.29 is 18.3 Å². The molecule has 0 radical (unpaired) electrons. The highest BCUT2D eigenvalue weighted by molar-refractivity contribution is 5.96. The molecule has 4 nitrogen and oxygen atoms in total. The SMILES string of the molecule is O=C(Nc1ccccc1OC(F)F)C1NCC2CCCC21. The zero-order chi connectivity index (χ0) is 14.8. The summed E-state index contributed by atoms with van der Waals surface area (Å²) >= 11 is 0. The number of benzene rings is 1. The van der Waals surface area contributed by atoms with E-state index in [2.05, 4.69) is 15.4 Å². The number of hydrogen-bond acceptors (Lipinski definition) is 3. The molecular formula is C15H18F2N2O2. The van der Waals surface area contributed by atoms with Gasteiger partial charge in [-0.1, -0.05) is 18.6 Å². The molecule has 0 bridgehead atoms. The van der Waals surface area contributed by atoms with Crippen LogP contribution in [0.1, 0.15) is 19.3 Å². The zero-order valence-electron chi connectivity index (χ0n) is 11.5. The van der Waals surface area contributed by atoms with E-state index in [4.69, 9.17) is 0 Å². The van der Waals surface area contributed by atoms with Crippen molar-refractivity contribution in [3.63, 3.8) is 0 Å². The van der Waals surface area contributed by atoms with Crippen LogP contribution in [-0.2, 0) is 4.79 Å². The average Bonchev–Trinajstić information content (AvgIpc) is 3.02. The van der Waals surface area contributed by atoms with Crippen molar-refractivity contribution >= 4 is 11.6 Å². The van der Waals surface area contributed by atoms with E-state index in [0.29, 0.717) is 11.8 Å². The maximum atomic E-state index is 12.4. The van der Waals surface area contributed by atoms with Gasteiger partial charge in [0.05, 0.1) is 11.7 Å². The molecule has 1 aliphatic carbocycles. The lowest BCUT2D eigenvalue weighted by atomic mass is 9.93. The molecule has 0 aromatic heterocycles. The van der Waals surface area contributed by atoms with Crippen molar-refractivity contribution in [1.82, 2.24) is 5.32 Å². The standard InChI is InChI=1S/C15H18F2N2O2/c16-15(17)21-12-7-2-1-6-11(12)19-14(20)13-10-5-3-4-9(10)8-18-13/h1-2,6-7,9-10,13,15,18H,3-5,8H2,(H,19,20). The van der Waals surface area contributed by atoms with E-state index in [-0.39, 0.29) is 23.4 Å². The molecule has 1 aromatic rings. The highest BCUT2D eigenvalue weighted by atomic mass is 19.3. The summed E-state index contributed by atoms with van der Waals surface area (Å²) in [4.78, 5) is 12.4. The number of amides is 1. The number of rotatable bonds is 4. The lowest BCUT2D eigenvalue weighted by Crippen LogP contribution is -2.39. The van der Waals surface area contributed by atoms with Gasteiger partial charge in [-0.25, -0.2) is 0 Å². The molecule has 1 heterocycles. The molecule has 2 N–H and O–H groups in total. The molecule has 114 valence electrons. The van der Waals surface area contributed by atoms with E-state index >= 15 is 0 Å². The fourth-order valence-corrected chi connectivity index (χ4v) is 3.45. The van der Waals surface area contributed by atoms with Crippen LogP contribution in [0.5, 0.6) is 5.75 Å². The minimum Gasteiger partial charge on any atom is -0.433 e. The highest BCUT2D eigenvalue weighted by Crippen LogP contribution is 2.38. The van der Waals surface area contributed by atoms with Crippen molar-refractivity contribution in [3.8, 4) is 5.75 Å². The Morgan fingerprint density at radius 1 is 1.33 bits per heavy atom. The van der Waals surface area contributed by atoms with Gasteiger partial charge in [0, 0.05) is 0 Å². The Balaban J connectivity index is 1.70. The summed E-state index contributed by atoms with van der Waals surface area (Å²) in [6.45, 7) is -2.05. The molecule has 0 spiro atoms. The quantitative estimate of drug-likeness (QED) is 0.898. The van der Waals surface area contributed by atoms with Gasteiger partial charge in [0.15, 0.2) is 0 Å². The molecule has 1 saturated heterocycles. The molecule has 1 amide bonds. The first-order valence-corrected chi connectivity index (χ1v) is 7.23. The van der Waals surface area contributed by atoms with Crippen molar-refractivity contribution in [2.75, 3.05) is 11.9 Å². The lowest BCUT2D eigenvalue weighted by molar-refractivity contribution is -0.118. The Morgan fingerprint density at radius 3 is 2.95 bits per heavy atom. The molecule has 2 fully saturated rings. The highest BCUT2D eigenvalue weighted by Gasteiger charge is 2.42. The van der Waals surface area contributed by atoms with E-state index in [1.165, 1.54) is 6.07 Å². The number of nitrogens with one attached hydrogen (secondary N) is 2. The first-order chi connectivity index (χ1) is 10.1. The normalized spacial score (nSPS) is 27.7.